The van der Waals surface area contributed by atoms with E-state index in [4.69, 9.17) is 0 Å². The Morgan fingerprint density at radius 3 is 2.50 bits per heavy atom. The number of nitrogens with zero attached hydrogens (tertiary/aromatic N) is 1. The SMILES string of the molecule is [CH2]CCCCN1CCC(O)CC1. The van der Waals surface area contributed by atoms with Crippen LogP contribution in [0.3, 0.4) is 0 Å². The average molecular weight is 170 g/mol. The van der Waals surface area contributed by atoms with E-state index >= 15 is 0 Å². The van der Waals surface area contributed by atoms with Crippen LogP contribution >= 0.6 is 0 Å². The van der Waals surface area contributed by atoms with E-state index < -0.39 is 0 Å². The number of rotatable bonds is 4. The molecule has 1 aliphatic heterocycles. The van der Waals surface area contributed by atoms with E-state index in [1.54, 1.807) is 0 Å². The Morgan fingerprint density at radius 2 is 1.92 bits per heavy atom. The van der Waals surface area contributed by atoms with Gasteiger partial charge in [0.15, 0.2) is 0 Å². The Morgan fingerprint density at radius 1 is 1.25 bits per heavy atom. The van der Waals surface area contributed by atoms with Gasteiger partial charge in [-0.05, 0) is 25.8 Å². The second-order valence-electron chi connectivity index (χ2n) is 3.63. The highest BCUT2D eigenvalue weighted by Gasteiger charge is 2.15. The lowest BCUT2D eigenvalue weighted by Gasteiger charge is -2.29. The maximum absolute atomic E-state index is 9.26. The van der Waals surface area contributed by atoms with Crippen LogP contribution in [-0.2, 0) is 0 Å². The molecule has 0 aromatic rings. The van der Waals surface area contributed by atoms with Crippen LogP contribution in [0.4, 0.5) is 0 Å². The number of piperidine rings is 1. The topological polar surface area (TPSA) is 23.5 Å². The summed E-state index contributed by atoms with van der Waals surface area (Å²) in [4.78, 5) is 2.45. The minimum absolute atomic E-state index is 0.0332. The van der Waals surface area contributed by atoms with E-state index in [0.29, 0.717) is 0 Å². The molecule has 71 valence electrons. The van der Waals surface area contributed by atoms with Crippen LogP contribution < -0.4 is 0 Å². The highest BCUT2D eigenvalue weighted by Crippen LogP contribution is 2.10. The first-order valence-electron chi connectivity index (χ1n) is 5.02. The van der Waals surface area contributed by atoms with Gasteiger partial charge in [-0.15, -0.1) is 0 Å². The third-order valence-electron chi connectivity index (χ3n) is 2.53. The fraction of sp³-hybridized carbons (Fsp3) is 0.900. The van der Waals surface area contributed by atoms with Gasteiger partial charge in [0.1, 0.15) is 0 Å². The Labute approximate surface area is 75.6 Å². The molecule has 0 atom stereocenters. The van der Waals surface area contributed by atoms with Gasteiger partial charge in [0.05, 0.1) is 6.10 Å². The third kappa shape index (κ3) is 3.55. The fourth-order valence-electron chi connectivity index (χ4n) is 1.66. The van der Waals surface area contributed by atoms with Crippen molar-refractivity contribution in [2.75, 3.05) is 19.6 Å². The van der Waals surface area contributed by atoms with Gasteiger partial charge in [-0.3, -0.25) is 0 Å². The van der Waals surface area contributed by atoms with Crippen LogP contribution in [0, 0.1) is 6.92 Å². The molecule has 0 unspecified atom stereocenters. The molecule has 0 aromatic heterocycles. The van der Waals surface area contributed by atoms with Crippen molar-refractivity contribution in [2.24, 2.45) is 0 Å². The molecule has 1 rings (SSSR count). The molecule has 1 aliphatic rings. The number of hydrogen-bond acceptors (Lipinski definition) is 2. The standard InChI is InChI=1S/C10H20NO/c1-2-3-4-7-11-8-5-10(12)6-9-11/h10,12H,1-9H2. The summed E-state index contributed by atoms with van der Waals surface area (Å²) >= 11 is 0. The largest absolute Gasteiger partial charge is 0.393 e. The van der Waals surface area contributed by atoms with Crippen molar-refractivity contribution in [3.8, 4) is 0 Å². The molecule has 1 heterocycles. The quantitative estimate of drug-likeness (QED) is 0.645. The number of unbranched alkanes of at least 4 members (excludes halogenated alkanes) is 2. The van der Waals surface area contributed by atoms with Gasteiger partial charge in [-0.1, -0.05) is 19.8 Å². The molecule has 0 aliphatic carbocycles. The first-order valence-corrected chi connectivity index (χ1v) is 5.02. The summed E-state index contributed by atoms with van der Waals surface area (Å²) in [6.07, 6.45) is 5.44. The molecule has 1 radical (unpaired) electrons. The van der Waals surface area contributed by atoms with Crippen LogP contribution in [0.5, 0.6) is 0 Å². The van der Waals surface area contributed by atoms with E-state index in [0.717, 1.165) is 32.4 Å². The molecule has 2 nitrogen and oxygen atoms in total. The second-order valence-corrected chi connectivity index (χ2v) is 3.63. The molecule has 1 saturated heterocycles. The minimum Gasteiger partial charge on any atom is -0.393 e. The summed E-state index contributed by atoms with van der Waals surface area (Å²) in [5.41, 5.74) is 0. The molecule has 0 aromatic carbocycles. The number of aliphatic hydroxyl groups is 1. The van der Waals surface area contributed by atoms with Crippen LogP contribution in [-0.4, -0.2) is 35.7 Å². The molecule has 2 heteroatoms. The molecule has 0 bridgehead atoms. The summed E-state index contributed by atoms with van der Waals surface area (Å²) in [7, 11) is 0. The zero-order valence-electron chi connectivity index (χ0n) is 7.84. The van der Waals surface area contributed by atoms with Gasteiger partial charge in [-0.25, -0.2) is 0 Å². The molecular weight excluding hydrogens is 150 g/mol. The third-order valence-corrected chi connectivity index (χ3v) is 2.53. The van der Waals surface area contributed by atoms with Crippen molar-refractivity contribution in [3.05, 3.63) is 6.92 Å². The van der Waals surface area contributed by atoms with Gasteiger partial charge < -0.3 is 10.0 Å². The fourth-order valence-corrected chi connectivity index (χ4v) is 1.66. The summed E-state index contributed by atoms with van der Waals surface area (Å²) in [6.45, 7) is 7.18. The molecule has 1 fully saturated rings. The van der Waals surface area contributed by atoms with E-state index in [-0.39, 0.29) is 6.10 Å². The summed E-state index contributed by atoms with van der Waals surface area (Å²) < 4.78 is 0. The molecule has 1 N–H and O–H groups in total. The van der Waals surface area contributed by atoms with Crippen molar-refractivity contribution in [1.29, 1.82) is 0 Å². The van der Waals surface area contributed by atoms with Gasteiger partial charge >= 0.3 is 0 Å². The van der Waals surface area contributed by atoms with Crippen LogP contribution in [0.15, 0.2) is 0 Å². The molecule has 0 spiro atoms. The lowest BCUT2D eigenvalue weighted by Crippen LogP contribution is -2.36. The second kappa shape index (κ2) is 5.55. The van der Waals surface area contributed by atoms with Crippen molar-refractivity contribution in [1.82, 2.24) is 4.90 Å². The van der Waals surface area contributed by atoms with Crippen molar-refractivity contribution in [2.45, 2.75) is 38.2 Å². The Hall–Kier alpha value is -0.0800. The zero-order valence-corrected chi connectivity index (χ0v) is 7.84. The highest BCUT2D eigenvalue weighted by atomic mass is 16.3. The van der Waals surface area contributed by atoms with Crippen LogP contribution in [0.1, 0.15) is 32.1 Å². The van der Waals surface area contributed by atoms with Gasteiger partial charge in [0.2, 0.25) is 0 Å². The van der Waals surface area contributed by atoms with Crippen LogP contribution in [0.25, 0.3) is 0 Å². The molecule has 0 amide bonds. The normalized spacial score (nSPS) is 21.5. The van der Waals surface area contributed by atoms with Gasteiger partial charge in [0.25, 0.3) is 0 Å². The summed E-state index contributed by atoms with van der Waals surface area (Å²) in [5.74, 6) is 0. The lowest BCUT2D eigenvalue weighted by atomic mass is 10.1. The number of likely N-dealkylation sites (tertiary alicyclic amines) is 1. The first kappa shape index (κ1) is 10.0. The smallest absolute Gasteiger partial charge is 0.0564 e. The van der Waals surface area contributed by atoms with Crippen molar-refractivity contribution >= 4 is 0 Å². The predicted molar refractivity (Wildman–Crippen MR) is 50.9 cm³/mol. The van der Waals surface area contributed by atoms with Gasteiger partial charge in [-0.2, -0.15) is 0 Å². The highest BCUT2D eigenvalue weighted by molar-refractivity contribution is 4.70. The van der Waals surface area contributed by atoms with E-state index in [1.807, 2.05) is 0 Å². The number of aliphatic hydroxyl groups excluding tert-OH is 1. The van der Waals surface area contributed by atoms with E-state index in [2.05, 4.69) is 11.8 Å². The Bertz CT molecular complexity index is 108. The maximum atomic E-state index is 9.26. The number of hydrogen-bond donors (Lipinski definition) is 1. The van der Waals surface area contributed by atoms with E-state index in [1.165, 1.54) is 19.4 Å². The molecular formula is C10H20NO. The van der Waals surface area contributed by atoms with Crippen LogP contribution in [0.2, 0.25) is 0 Å². The predicted octanol–water partition coefficient (Wildman–Crippen LogP) is 1.45. The lowest BCUT2D eigenvalue weighted by molar-refractivity contribution is 0.0819. The minimum atomic E-state index is -0.0332. The van der Waals surface area contributed by atoms with Crippen molar-refractivity contribution < 1.29 is 5.11 Å². The van der Waals surface area contributed by atoms with Crippen molar-refractivity contribution in [3.63, 3.8) is 0 Å². The van der Waals surface area contributed by atoms with E-state index in [9.17, 15) is 5.11 Å². The first-order chi connectivity index (χ1) is 5.83. The Balaban J connectivity index is 2.01. The molecule has 12 heavy (non-hydrogen) atoms. The summed E-state index contributed by atoms with van der Waals surface area (Å²) in [6, 6.07) is 0. The zero-order chi connectivity index (χ0) is 8.81. The molecule has 0 saturated carbocycles. The average Bonchev–Trinajstić information content (AvgIpc) is 2.09. The Kier molecular flexibility index (Phi) is 4.62. The maximum Gasteiger partial charge on any atom is 0.0564 e. The summed E-state index contributed by atoms with van der Waals surface area (Å²) in [5, 5.41) is 9.26. The van der Waals surface area contributed by atoms with Gasteiger partial charge in [0, 0.05) is 13.1 Å². The monoisotopic (exact) mass is 170 g/mol.